The predicted octanol–water partition coefficient (Wildman–Crippen LogP) is 3.67. The highest BCUT2D eigenvalue weighted by Gasteiger charge is 2.00. The lowest BCUT2D eigenvalue weighted by Crippen LogP contribution is -2.23. The molecule has 4 heteroatoms. The molecule has 3 N–H and O–H groups in total. The van der Waals surface area contributed by atoms with Gasteiger partial charge in [0.1, 0.15) is 5.82 Å². The van der Waals surface area contributed by atoms with E-state index in [-0.39, 0.29) is 5.82 Å². The Morgan fingerprint density at radius 1 is 1.18 bits per heavy atom. The number of aliphatic imine (C=N–C) groups is 1. The van der Waals surface area contributed by atoms with Gasteiger partial charge in [0.15, 0.2) is 5.96 Å². The van der Waals surface area contributed by atoms with Gasteiger partial charge in [-0.05, 0) is 60.7 Å². The Morgan fingerprint density at radius 3 is 2.55 bits per heavy atom. The number of aryl methyl sites for hydroxylation is 2. The molecule has 0 saturated heterocycles. The molecule has 3 nitrogen and oxygen atoms in total. The van der Waals surface area contributed by atoms with Gasteiger partial charge in [-0.2, -0.15) is 0 Å². The lowest BCUT2D eigenvalue weighted by molar-refractivity contribution is 0.625. The zero-order valence-electron chi connectivity index (χ0n) is 13.1. The molecule has 2 aromatic rings. The van der Waals surface area contributed by atoms with Crippen LogP contribution in [0.15, 0.2) is 47.5 Å². The van der Waals surface area contributed by atoms with Gasteiger partial charge in [-0.1, -0.05) is 25.1 Å². The Labute approximate surface area is 131 Å². The molecule has 0 unspecified atom stereocenters. The van der Waals surface area contributed by atoms with Crippen molar-refractivity contribution in [3.63, 3.8) is 0 Å². The van der Waals surface area contributed by atoms with Crippen LogP contribution in [0, 0.1) is 12.7 Å². The summed E-state index contributed by atoms with van der Waals surface area (Å²) in [6, 6.07) is 12.9. The van der Waals surface area contributed by atoms with Gasteiger partial charge in [0.25, 0.3) is 0 Å². The Morgan fingerprint density at radius 2 is 1.91 bits per heavy atom. The molecule has 0 aromatic heterocycles. The zero-order valence-corrected chi connectivity index (χ0v) is 13.1. The molecule has 2 rings (SSSR count). The number of nitrogens with zero attached hydrogens (tertiary/aromatic N) is 1. The second kappa shape index (κ2) is 7.59. The van der Waals surface area contributed by atoms with Crippen molar-refractivity contribution in [1.29, 1.82) is 0 Å². The standard InChI is InChI=1S/C18H22FN3/c1-3-14-4-8-17(9-5-14)22-18(20)21-11-10-15-6-7-16(19)12-13(15)2/h4-9,12H,3,10-11H2,1-2H3,(H3,20,21,22). The van der Waals surface area contributed by atoms with Crippen LogP contribution in [0.4, 0.5) is 10.1 Å². The van der Waals surface area contributed by atoms with Crippen LogP contribution in [0.5, 0.6) is 0 Å². The van der Waals surface area contributed by atoms with Crippen molar-refractivity contribution in [2.24, 2.45) is 10.7 Å². The number of halogens is 1. The number of benzene rings is 2. The van der Waals surface area contributed by atoms with Gasteiger partial charge >= 0.3 is 0 Å². The second-order valence-electron chi connectivity index (χ2n) is 5.26. The fourth-order valence-electron chi connectivity index (χ4n) is 2.25. The number of anilines is 1. The Bertz CT molecular complexity index is 648. The van der Waals surface area contributed by atoms with E-state index in [0.717, 1.165) is 29.7 Å². The molecular weight excluding hydrogens is 277 g/mol. The van der Waals surface area contributed by atoms with Crippen molar-refractivity contribution in [2.45, 2.75) is 26.7 Å². The normalized spacial score (nSPS) is 11.5. The smallest absolute Gasteiger partial charge is 0.193 e. The Hall–Kier alpha value is -2.36. The monoisotopic (exact) mass is 299 g/mol. The summed E-state index contributed by atoms with van der Waals surface area (Å²) in [5.74, 6) is 0.186. The quantitative estimate of drug-likeness (QED) is 0.654. The Balaban J connectivity index is 1.89. The molecule has 116 valence electrons. The summed E-state index contributed by atoms with van der Waals surface area (Å²) >= 11 is 0. The van der Waals surface area contributed by atoms with Crippen LogP contribution in [0.3, 0.4) is 0 Å². The number of guanidine groups is 1. The van der Waals surface area contributed by atoms with E-state index < -0.39 is 0 Å². The molecule has 22 heavy (non-hydrogen) atoms. The van der Waals surface area contributed by atoms with E-state index in [4.69, 9.17) is 5.73 Å². The fraction of sp³-hybridized carbons (Fsp3) is 0.278. The molecule has 0 fully saturated rings. The first-order valence-electron chi connectivity index (χ1n) is 7.49. The highest BCUT2D eigenvalue weighted by Crippen LogP contribution is 2.11. The van der Waals surface area contributed by atoms with Crippen LogP contribution >= 0.6 is 0 Å². The van der Waals surface area contributed by atoms with Crippen LogP contribution in [0.2, 0.25) is 0 Å². The maximum Gasteiger partial charge on any atom is 0.193 e. The number of rotatable bonds is 5. The number of hydrogen-bond acceptors (Lipinski definition) is 1. The van der Waals surface area contributed by atoms with E-state index in [9.17, 15) is 4.39 Å². The molecule has 0 amide bonds. The zero-order chi connectivity index (χ0) is 15.9. The van der Waals surface area contributed by atoms with Gasteiger partial charge in [-0.25, -0.2) is 4.39 Å². The fourth-order valence-corrected chi connectivity index (χ4v) is 2.25. The number of nitrogens with two attached hydrogens (primary N) is 1. The summed E-state index contributed by atoms with van der Waals surface area (Å²) in [4.78, 5) is 4.31. The van der Waals surface area contributed by atoms with Crippen molar-refractivity contribution >= 4 is 11.6 Å². The highest BCUT2D eigenvalue weighted by atomic mass is 19.1. The third-order valence-corrected chi connectivity index (χ3v) is 3.60. The van der Waals surface area contributed by atoms with Gasteiger partial charge in [-0.15, -0.1) is 0 Å². The minimum absolute atomic E-state index is 0.207. The molecule has 0 aliphatic carbocycles. The largest absolute Gasteiger partial charge is 0.370 e. The minimum atomic E-state index is -0.207. The molecule has 2 aromatic carbocycles. The van der Waals surface area contributed by atoms with Gasteiger partial charge in [0, 0.05) is 12.2 Å². The van der Waals surface area contributed by atoms with E-state index in [2.05, 4.69) is 29.4 Å². The van der Waals surface area contributed by atoms with Crippen LogP contribution in [-0.4, -0.2) is 12.5 Å². The van der Waals surface area contributed by atoms with Crippen molar-refractivity contribution in [2.75, 3.05) is 11.9 Å². The van der Waals surface area contributed by atoms with Crippen molar-refractivity contribution < 1.29 is 4.39 Å². The van der Waals surface area contributed by atoms with Gasteiger partial charge in [0.05, 0.1) is 0 Å². The summed E-state index contributed by atoms with van der Waals surface area (Å²) in [5, 5.41) is 3.07. The molecular formula is C18H22FN3. The first-order valence-corrected chi connectivity index (χ1v) is 7.49. The summed E-state index contributed by atoms with van der Waals surface area (Å²) in [7, 11) is 0. The van der Waals surface area contributed by atoms with Crippen molar-refractivity contribution in [3.8, 4) is 0 Å². The van der Waals surface area contributed by atoms with E-state index in [1.165, 1.54) is 17.7 Å². The summed E-state index contributed by atoms with van der Waals surface area (Å²) in [6.07, 6.45) is 1.75. The highest BCUT2D eigenvalue weighted by molar-refractivity contribution is 5.92. The molecule has 0 saturated carbocycles. The molecule has 0 aliphatic heterocycles. The van der Waals surface area contributed by atoms with E-state index in [0.29, 0.717) is 12.5 Å². The van der Waals surface area contributed by atoms with Gasteiger partial charge < -0.3 is 11.1 Å². The molecule has 0 radical (unpaired) electrons. The molecule has 0 bridgehead atoms. The number of hydrogen-bond donors (Lipinski definition) is 2. The maximum absolute atomic E-state index is 13.0. The van der Waals surface area contributed by atoms with Gasteiger partial charge in [-0.3, -0.25) is 4.99 Å². The third-order valence-electron chi connectivity index (χ3n) is 3.60. The van der Waals surface area contributed by atoms with Crippen LogP contribution < -0.4 is 11.1 Å². The maximum atomic E-state index is 13.0. The van der Waals surface area contributed by atoms with Crippen molar-refractivity contribution in [1.82, 2.24) is 0 Å². The average Bonchev–Trinajstić information content (AvgIpc) is 2.50. The summed E-state index contributed by atoms with van der Waals surface area (Å²) in [6.45, 7) is 4.59. The van der Waals surface area contributed by atoms with Crippen LogP contribution in [0.25, 0.3) is 0 Å². The molecule has 0 atom stereocenters. The predicted molar refractivity (Wildman–Crippen MR) is 90.8 cm³/mol. The summed E-state index contributed by atoms with van der Waals surface area (Å²) < 4.78 is 13.0. The minimum Gasteiger partial charge on any atom is -0.370 e. The average molecular weight is 299 g/mol. The lowest BCUT2D eigenvalue weighted by atomic mass is 10.1. The van der Waals surface area contributed by atoms with Crippen LogP contribution in [0.1, 0.15) is 23.6 Å². The molecule has 0 aliphatic rings. The van der Waals surface area contributed by atoms with Crippen molar-refractivity contribution in [3.05, 3.63) is 65.0 Å². The first kappa shape index (κ1) is 16.0. The van der Waals surface area contributed by atoms with Crippen LogP contribution in [-0.2, 0) is 12.8 Å². The molecule has 0 spiro atoms. The molecule has 0 heterocycles. The second-order valence-corrected chi connectivity index (χ2v) is 5.26. The number of nitrogens with one attached hydrogen (secondary N) is 1. The Kier molecular flexibility index (Phi) is 5.53. The summed E-state index contributed by atoms with van der Waals surface area (Å²) in [5.41, 5.74) is 10.1. The lowest BCUT2D eigenvalue weighted by Gasteiger charge is -2.07. The van der Waals surface area contributed by atoms with E-state index in [1.807, 2.05) is 19.1 Å². The third kappa shape index (κ3) is 4.58. The topological polar surface area (TPSA) is 50.4 Å². The van der Waals surface area contributed by atoms with E-state index in [1.54, 1.807) is 6.07 Å². The van der Waals surface area contributed by atoms with Gasteiger partial charge in [0.2, 0.25) is 0 Å². The first-order chi connectivity index (χ1) is 10.6. The van der Waals surface area contributed by atoms with E-state index >= 15 is 0 Å². The SMILES string of the molecule is CCc1ccc(NC(N)=NCCc2ccc(F)cc2C)cc1.